The number of hydrogen-bond acceptors (Lipinski definition) is 4. The molecule has 0 heterocycles. The molecule has 0 aromatic carbocycles. The molecule has 0 aliphatic carbocycles. The summed E-state index contributed by atoms with van der Waals surface area (Å²) in [4.78, 5) is 26.8. The zero-order valence-corrected chi connectivity index (χ0v) is 25.1. The van der Waals surface area contributed by atoms with Crippen LogP contribution in [0, 0.1) is 5.92 Å². The van der Waals surface area contributed by atoms with Crippen LogP contribution in [0.25, 0.3) is 0 Å². The molecule has 214 valence electrons. The largest absolute Gasteiger partial charge is 0.462 e. The average Bonchev–Trinajstić information content (AvgIpc) is 2.83. The van der Waals surface area contributed by atoms with Crippen molar-refractivity contribution in [1.82, 2.24) is 4.90 Å². The zero-order chi connectivity index (χ0) is 26.9. The molecule has 0 saturated heterocycles. The standard InChI is InChI=1S/C32H63NO3/c1-6-8-10-12-14-19-23-31(24-20-15-13-11-9-7-2)36-32(35)25-21-17-16-18-22-30(34)27-26-29(3)28-33(4)5/h29,31H,6-28H2,1-5H3. The van der Waals surface area contributed by atoms with E-state index < -0.39 is 0 Å². The highest BCUT2D eigenvalue weighted by Crippen LogP contribution is 2.18. The number of unbranched alkanes of at least 4 members (excludes halogenated alkanes) is 13. The van der Waals surface area contributed by atoms with Crippen LogP contribution in [0.5, 0.6) is 0 Å². The number of carbonyl (C=O) groups excluding carboxylic acids is 2. The van der Waals surface area contributed by atoms with Crippen molar-refractivity contribution in [3.05, 3.63) is 0 Å². The molecule has 4 heteroatoms. The van der Waals surface area contributed by atoms with E-state index in [1.165, 1.54) is 77.0 Å². The Kier molecular flexibility index (Phi) is 25.1. The molecule has 0 aliphatic heterocycles. The van der Waals surface area contributed by atoms with Gasteiger partial charge in [0.1, 0.15) is 11.9 Å². The van der Waals surface area contributed by atoms with Crippen LogP contribution in [-0.4, -0.2) is 43.4 Å². The molecule has 4 nitrogen and oxygen atoms in total. The van der Waals surface area contributed by atoms with Gasteiger partial charge in [-0.05, 0) is 65.0 Å². The molecule has 0 aromatic heterocycles. The molecule has 0 aliphatic rings. The van der Waals surface area contributed by atoms with Gasteiger partial charge in [-0.25, -0.2) is 0 Å². The van der Waals surface area contributed by atoms with E-state index in [-0.39, 0.29) is 12.1 Å². The van der Waals surface area contributed by atoms with Gasteiger partial charge in [0.05, 0.1) is 0 Å². The Balaban J connectivity index is 4.03. The molecule has 1 unspecified atom stereocenters. The lowest BCUT2D eigenvalue weighted by Gasteiger charge is -2.18. The SMILES string of the molecule is CCCCCCCCC(CCCCCCCC)OC(=O)CCCCCCC(=O)CCC(C)CN(C)C. The maximum absolute atomic E-state index is 12.5. The Morgan fingerprint density at radius 1 is 0.611 bits per heavy atom. The maximum Gasteiger partial charge on any atom is 0.306 e. The van der Waals surface area contributed by atoms with Crippen molar-refractivity contribution < 1.29 is 14.3 Å². The van der Waals surface area contributed by atoms with Gasteiger partial charge in [0, 0.05) is 25.8 Å². The maximum atomic E-state index is 12.5. The second-order valence-electron chi connectivity index (χ2n) is 11.6. The number of ether oxygens (including phenoxy) is 1. The Morgan fingerprint density at radius 3 is 1.61 bits per heavy atom. The third-order valence-electron chi connectivity index (χ3n) is 7.24. The molecule has 0 N–H and O–H groups in total. The van der Waals surface area contributed by atoms with Crippen molar-refractivity contribution in [2.45, 2.75) is 168 Å². The van der Waals surface area contributed by atoms with Gasteiger partial charge in [-0.15, -0.1) is 0 Å². The van der Waals surface area contributed by atoms with Crippen molar-refractivity contribution in [1.29, 1.82) is 0 Å². The third-order valence-corrected chi connectivity index (χ3v) is 7.24. The first kappa shape index (κ1) is 35.1. The topological polar surface area (TPSA) is 46.6 Å². The van der Waals surface area contributed by atoms with Crippen molar-refractivity contribution in [2.24, 2.45) is 5.92 Å². The highest BCUT2D eigenvalue weighted by atomic mass is 16.5. The quantitative estimate of drug-likeness (QED) is 0.0817. The Morgan fingerprint density at radius 2 is 1.08 bits per heavy atom. The fraction of sp³-hybridized carbons (Fsp3) is 0.938. The zero-order valence-electron chi connectivity index (χ0n) is 25.1. The molecular weight excluding hydrogens is 446 g/mol. The molecule has 0 radical (unpaired) electrons. The highest BCUT2D eigenvalue weighted by molar-refractivity contribution is 5.78. The Bertz CT molecular complexity index is 490. The summed E-state index contributed by atoms with van der Waals surface area (Å²) in [6.45, 7) is 7.77. The molecule has 0 saturated carbocycles. The fourth-order valence-corrected chi connectivity index (χ4v) is 5.00. The molecule has 0 spiro atoms. The minimum Gasteiger partial charge on any atom is -0.462 e. The first-order chi connectivity index (χ1) is 17.4. The summed E-state index contributed by atoms with van der Waals surface area (Å²) < 4.78 is 5.94. The normalized spacial score (nSPS) is 12.4. The van der Waals surface area contributed by atoms with E-state index in [0.717, 1.165) is 51.5 Å². The van der Waals surface area contributed by atoms with E-state index in [1.54, 1.807) is 0 Å². The molecule has 0 bridgehead atoms. The number of hydrogen-bond donors (Lipinski definition) is 0. The van der Waals surface area contributed by atoms with Crippen LogP contribution in [-0.2, 0) is 14.3 Å². The van der Waals surface area contributed by atoms with E-state index in [9.17, 15) is 9.59 Å². The number of carbonyl (C=O) groups is 2. The van der Waals surface area contributed by atoms with Crippen LogP contribution in [0.2, 0.25) is 0 Å². The first-order valence-electron chi connectivity index (χ1n) is 15.7. The number of Topliss-reactive ketones (excluding diaryl/α,β-unsaturated/α-hetero) is 1. The highest BCUT2D eigenvalue weighted by Gasteiger charge is 2.14. The lowest BCUT2D eigenvalue weighted by atomic mass is 10.00. The Labute approximate surface area is 225 Å². The summed E-state index contributed by atoms with van der Waals surface area (Å²) in [7, 11) is 4.17. The van der Waals surface area contributed by atoms with Crippen LogP contribution < -0.4 is 0 Å². The molecule has 1 atom stereocenters. The minimum absolute atomic E-state index is 0.0112. The van der Waals surface area contributed by atoms with Gasteiger partial charge in [0.2, 0.25) is 0 Å². The van der Waals surface area contributed by atoms with Crippen molar-refractivity contribution in [3.63, 3.8) is 0 Å². The summed E-state index contributed by atoms with van der Waals surface area (Å²) in [6, 6.07) is 0. The molecule has 0 fully saturated rings. The summed E-state index contributed by atoms with van der Waals surface area (Å²) in [5, 5.41) is 0. The number of rotatable bonds is 27. The van der Waals surface area contributed by atoms with E-state index in [2.05, 4.69) is 39.8 Å². The first-order valence-corrected chi connectivity index (χ1v) is 15.7. The molecule has 36 heavy (non-hydrogen) atoms. The van der Waals surface area contributed by atoms with Crippen molar-refractivity contribution in [2.75, 3.05) is 20.6 Å². The van der Waals surface area contributed by atoms with E-state index >= 15 is 0 Å². The fourth-order valence-electron chi connectivity index (χ4n) is 5.00. The van der Waals surface area contributed by atoms with E-state index in [4.69, 9.17) is 4.74 Å². The van der Waals surface area contributed by atoms with Gasteiger partial charge in [-0.2, -0.15) is 0 Å². The van der Waals surface area contributed by atoms with Gasteiger partial charge in [0.25, 0.3) is 0 Å². The van der Waals surface area contributed by atoms with E-state index in [1.807, 2.05) is 0 Å². The second-order valence-corrected chi connectivity index (χ2v) is 11.6. The summed E-state index contributed by atoms with van der Waals surface area (Å²) in [5.41, 5.74) is 0. The predicted octanol–water partition coefficient (Wildman–Crippen LogP) is 9.29. The van der Waals surface area contributed by atoms with Gasteiger partial charge >= 0.3 is 5.97 Å². The van der Waals surface area contributed by atoms with Crippen LogP contribution >= 0.6 is 0 Å². The van der Waals surface area contributed by atoms with Crippen LogP contribution in [0.15, 0.2) is 0 Å². The van der Waals surface area contributed by atoms with Gasteiger partial charge in [-0.3, -0.25) is 9.59 Å². The molecule has 0 amide bonds. The minimum atomic E-state index is -0.0112. The summed E-state index contributed by atoms with van der Waals surface area (Å²) >= 11 is 0. The lowest BCUT2D eigenvalue weighted by Crippen LogP contribution is -2.20. The predicted molar refractivity (Wildman–Crippen MR) is 156 cm³/mol. The Hall–Kier alpha value is -0.900. The van der Waals surface area contributed by atoms with Crippen LogP contribution in [0.3, 0.4) is 0 Å². The number of nitrogens with zero attached hydrogens (tertiary/aromatic N) is 1. The van der Waals surface area contributed by atoms with Crippen molar-refractivity contribution >= 4 is 11.8 Å². The monoisotopic (exact) mass is 509 g/mol. The van der Waals surface area contributed by atoms with Crippen molar-refractivity contribution in [3.8, 4) is 0 Å². The molecule has 0 aromatic rings. The van der Waals surface area contributed by atoms with Gasteiger partial charge in [0.15, 0.2) is 0 Å². The third kappa shape index (κ3) is 24.8. The number of ketones is 1. The van der Waals surface area contributed by atoms with Gasteiger partial charge < -0.3 is 9.64 Å². The summed E-state index contributed by atoms with van der Waals surface area (Å²) in [6.07, 6.45) is 24.4. The summed E-state index contributed by atoms with van der Waals surface area (Å²) in [5.74, 6) is 0.955. The average molecular weight is 510 g/mol. The van der Waals surface area contributed by atoms with Gasteiger partial charge in [-0.1, -0.05) is 97.8 Å². The van der Waals surface area contributed by atoms with Crippen LogP contribution in [0.1, 0.15) is 162 Å². The van der Waals surface area contributed by atoms with E-state index in [0.29, 0.717) is 31.0 Å². The lowest BCUT2D eigenvalue weighted by molar-refractivity contribution is -0.150. The second kappa shape index (κ2) is 25.7. The smallest absolute Gasteiger partial charge is 0.306 e. The molecule has 0 rings (SSSR count). The molecular formula is C32H63NO3. The van der Waals surface area contributed by atoms with Crippen LogP contribution in [0.4, 0.5) is 0 Å². The number of esters is 1.